The van der Waals surface area contributed by atoms with Crippen LogP contribution in [0.15, 0.2) is 18.2 Å². The third-order valence-electron chi connectivity index (χ3n) is 4.22. The molecule has 1 fully saturated rings. The molecule has 0 unspecified atom stereocenters. The zero-order chi connectivity index (χ0) is 13.2. The minimum absolute atomic E-state index is 0.122. The first-order valence-corrected chi connectivity index (χ1v) is 6.69. The van der Waals surface area contributed by atoms with Crippen LogP contribution in [0.1, 0.15) is 31.2 Å². The van der Waals surface area contributed by atoms with Crippen molar-refractivity contribution in [3.63, 3.8) is 0 Å². The van der Waals surface area contributed by atoms with E-state index in [0.29, 0.717) is 6.54 Å². The number of methoxy groups -OCH3 is 1. The van der Waals surface area contributed by atoms with Gasteiger partial charge >= 0.3 is 0 Å². The monoisotopic (exact) mass is 248 g/mol. The summed E-state index contributed by atoms with van der Waals surface area (Å²) in [6, 6.07) is 6.42. The maximum atomic E-state index is 6.08. The molecule has 1 aliphatic rings. The second-order valence-electron chi connectivity index (χ2n) is 5.47. The molecule has 0 bridgehead atoms. The zero-order valence-electron chi connectivity index (χ0n) is 11.7. The maximum Gasteiger partial charge on any atom is 0.122 e. The van der Waals surface area contributed by atoms with E-state index in [-0.39, 0.29) is 5.41 Å². The lowest BCUT2D eigenvalue weighted by atomic mass is 9.78. The van der Waals surface area contributed by atoms with Gasteiger partial charge in [-0.15, -0.1) is 0 Å². The summed E-state index contributed by atoms with van der Waals surface area (Å²) in [6.07, 6.45) is 4.90. The SMILES string of the molecule is COc1ccc(N(C)C)cc1C1(CN)CCCC1. The van der Waals surface area contributed by atoms with Crippen LogP contribution < -0.4 is 15.4 Å². The first-order valence-electron chi connectivity index (χ1n) is 6.69. The molecule has 0 atom stereocenters. The molecule has 0 heterocycles. The number of hydrogen-bond acceptors (Lipinski definition) is 3. The minimum atomic E-state index is 0.122. The highest BCUT2D eigenvalue weighted by Crippen LogP contribution is 2.45. The molecule has 1 aliphatic carbocycles. The topological polar surface area (TPSA) is 38.5 Å². The van der Waals surface area contributed by atoms with Crippen molar-refractivity contribution < 1.29 is 4.74 Å². The van der Waals surface area contributed by atoms with Crippen LogP contribution in [-0.4, -0.2) is 27.7 Å². The normalized spacial score (nSPS) is 17.8. The molecule has 0 aromatic heterocycles. The van der Waals surface area contributed by atoms with Crippen molar-refractivity contribution in [2.24, 2.45) is 5.73 Å². The van der Waals surface area contributed by atoms with E-state index < -0.39 is 0 Å². The van der Waals surface area contributed by atoms with Gasteiger partial charge in [0.25, 0.3) is 0 Å². The van der Waals surface area contributed by atoms with Crippen LogP contribution >= 0.6 is 0 Å². The Bertz CT molecular complexity index is 409. The summed E-state index contributed by atoms with van der Waals surface area (Å²) in [6.45, 7) is 0.709. The van der Waals surface area contributed by atoms with Crippen molar-refractivity contribution in [2.75, 3.05) is 32.6 Å². The number of anilines is 1. The Morgan fingerprint density at radius 3 is 2.44 bits per heavy atom. The van der Waals surface area contributed by atoms with Gasteiger partial charge in [0.1, 0.15) is 5.75 Å². The van der Waals surface area contributed by atoms with Gasteiger partial charge < -0.3 is 15.4 Å². The third kappa shape index (κ3) is 2.19. The molecule has 1 saturated carbocycles. The molecule has 1 aromatic rings. The van der Waals surface area contributed by atoms with E-state index >= 15 is 0 Å². The Morgan fingerprint density at radius 2 is 1.94 bits per heavy atom. The first-order chi connectivity index (χ1) is 8.63. The van der Waals surface area contributed by atoms with Gasteiger partial charge in [0, 0.05) is 37.3 Å². The van der Waals surface area contributed by atoms with Crippen LogP contribution in [0.3, 0.4) is 0 Å². The second-order valence-corrected chi connectivity index (χ2v) is 5.47. The molecule has 2 N–H and O–H groups in total. The molecule has 1 aromatic carbocycles. The van der Waals surface area contributed by atoms with Gasteiger partial charge in [-0.05, 0) is 31.0 Å². The van der Waals surface area contributed by atoms with Gasteiger partial charge in [0.15, 0.2) is 0 Å². The van der Waals surface area contributed by atoms with E-state index in [1.54, 1.807) is 7.11 Å². The Kier molecular flexibility index (Phi) is 3.81. The molecule has 100 valence electrons. The summed E-state index contributed by atoms with van der Waals surface area (Å²) >= 11 is 0. The summed E-state index contributed by atoms with van der Waals surface area (Å²) in [5.41, 5.74) is 8.71. The minimum Gasteiger partial charge on any atom is -0.496 e. The van der Waals surface area contributed by atoms with Crippen molar-refractivity contribution in [1.29, 1.82) is 0 Å². The largest absolute Gasteiger partial charge is 0.496 e. The Morgan fingerprint density at radius 1 is 1.28 bits per heavy atom. The van der Waals surface area contributed by atoms with Gasteiger partial charge in [0.2, 0.25) is 0 Å². The number of nitrogens with two attached hydrogens (primary N) is 1. The second kappa shape index (κ2) is 5.19. The molecule has 18 heavy (non-hydrogen) atoms. The number of rotatable bonds is 4. The van der Waals surface area contributed by atoms with E-state index in [0.717, 1.165) is 5.75 Å². The van der Waals surface area contributed by atoms with Crippen LogP contribution in [-0.2, 0) is 5.41 Å². The lowest BCUT2D eigenvalue weighted by Gasteiger charge is -2.30. The molecular weight excluding hydrogens is 224 g/mol. The highest BCUT2D eigenvalue weighted by molar-refractivity contribution is 5.55. The number of ether oxygens (including phenoxy) is 1. The van der Waals surface area contributed by atoms with Crippen molar-refractivity contribution in [3.8, 4) is 5.75 Å². The van der Waals surface area contributed by atoms with Crippen LogP contribution in [0.25, 0.3) is 0 Å². The molecule has 0 radical (unpaired) electrons. The maximum absolute atomic E-state index is 6.08. The van der Waals surface area contributed by atoms with Gasteiger partial charge in [-0.1, -0.05) is 12.8 Å². The lowest BCUT2D eigenvalue weighted by molar-refractivity contribution is 0.378. The molecular formula is C15H24N2O. The molecule has 0 amide bonds. The average Bonchev–Trinajstić information content (AvgIpc) is 2.87. The molecule has 3 nitrogen and oxygen atoms in total. The van der Waals surface area contributed by atoms with Crippen LogP contribution in [0.4, 0.5) is 5.69 Å². The van der Waals surface area contributed by atoms with Gasteiger partial charge in [-0.25, -0.2) is 0 Å². The zero-order valence-corrected chi connectivity index (χ0v) is 11.7. The van der Waals surface area contributed by atoms with Gasteiger partial charge in [-0.3, -0.25) is 0 Å². The molecule has 0 aliphatic heterocycles. The molecule has 2 rings (SSSR count). The fourth-order valence-corrected chi connectivity index (χ4v) is 3.02. The predicted molar refractivity (Wildman–Crippen MR) is 76.5 cm³/mol. The lowest BCUT2D eigenvalue weighted by Crippen LogP contribution is -2.32. The Labute approximate surface area is 110 Å². The van der Waals surface area contributed by atoms with Crippen molar-refractivity contribution in [1.82, 2.24) is 0 Å². The standard InChI is InChI=1S/C15H24N2O/c1-17(2)12-6-7-14(18-3)13(10-12)15(11-16)8-4-5-9-15/h6-7,10H,4-5,8-9,11,16H2,1-3H3. The van der Waals surface area contributed by atoms with Gasteiger partial charge in [-0.2, -0.15) is 0 Å². The molecule has 0 spiro atoms. The van der Waals surface area contributed by atoms with E-state index in [4.69, 9.17) is 10.5 Å². The van der Waals surface area contributed by atoms with E-state index in [2.05, 4.69) is 37.2 Å². The summed E-state index contributed by atoms with van der Waals surface area (Å²) in [5.74, 6) is 0.980. The summed E-state index contributed by atoms with van der Waals surface area (Å²) in [5, 5.41) is 0. The molecule has 0 saturated heterocycles. The van der Waals surface area contributed by atoms with Crippen LogP contribution in [0.2, 0.25) is 0 Å². The fraction of sp³-hybridized carbons (Fsp3) is 0.600. The van der Waals surface area contributed by atoms with E-state index in [1.807, 2.05) is 0 Å². The summed E-state index contributed by atoms with van der Waals surface area (Å²) in [7, 11) is 5.87. The van der Waals surface area contributed by atoms with Crippen LogP contribution in [0, 0.1) is 0 Å². The predicted octanol–water partition coefficient (Wildman–Crippen LogP) is 2.53. The summed E-state index contributed by atoms with van der Waals surface area (Å²) in [4.78, 5) is 2.13. The molecule has 3 heteroatoms. The van der Waals surface area contributed by atoms with Crippen molar-refractivity contribution in [2.45, 2.75) is 31.1 Å². The van der Waals surface area contributed by atoms with E-state index in [1.165, 1.54) is 36.9 Å². The first kappa shape index (κ1) is 13.2. The van der Waals surface area contributed by atoms with Crippen molar-refractivity contribution in [3.05, 3.63) is 23.8 Å². The van der Waals surface area contributed by atoms with E-state index in [9.17, 15) is 0 Å². The van der Waals surface area contributed by atoms with Crippen molar-refractivity contribution >= 4 is 5.69 Å². The summed E-state index contributed by atoms with van der Waals surface area (Å²) < 4.78 is 5.55. The highest BCUT2D eigenvalue weighted by Gasteiger charge is 2.36. The highest BCUT2D eigenvalue weighted by atomic mass is 16.5. The third-order valence-corrected chi connectivity index (χ3v) is 4.22. The van der Waals surface area contributed by atoms with Gasteiger partial charge in [0.05, 0.1) is 7.11 Å². The fourth-order valence-electron chi connectivity index (χ4n) is 3.02. The number of benzene rings is 1. The number of hydrogen-bond donors (Lipinski definition) is 1. The number of nitrogens with zero attached hydrogens (tertiary/aromatic N) is 1. The smallest absolute Gasteiger partial charge is 0.122 e. The Balaban J connectivity index is 2.48. The average molecular weight is 248 g/mol. The van der Waals surface area contributed by atoms with Crippen LogP contribution in [0.5, 0.6) is 5.75 Å². The Hall–Kier alpha value is -1.22. The quantitative estimate of drug-likeness (QED) is 0.890.